The van der Waals surface area contributed by atoms with Crippen molar-refractivity contribution >= 4 is 18.1 Å². The Labute approximate surface area is 198 Å². The van der Waals surface area contributed by atoms with Crippen LogP contribution in [0.25, 0.3) is 5.69 Å². The van der Waals surface area contributed by atoms with Crippen LogP contribution in [0.2, 0.25) is 0 Å². The van der Waals surface area contributed by atoms with Gasteiger partial charge in [0.1, 0.15) is 0 Å². The summed E-state index contributed by atoms with van der Waals surface area (Å²) in [6.45, 7) is 7.48. The van der Waals surface area contributed by atoms with Crippen molar-refractivity contribution in [2.24, 2.45) is 15.8 Å². The number of carbonyl (C=O) groups is 2. The molecule has 2 amide bonds. The highest BCUT2D eigenvalue weighted by molar-refractivity contribution is 5.88. The molecule has 9 nitrogen and oxygen atoms in total. The summed E-state index contributed by atoms with van der Waals surface area (Å²) in [5.41, 5.74) is 1.98. The monoisotopic (exact) mass is 465 g/mol. The Morgan fingerprint density at radius 2 is 1.97 bits per heavy atom. The molecule has 180 valence electrons. The number of aromatic carboxylic acids is 1. The molecule has 0 radical (unpaired) electrons. The largest absolute Gasteiger partial charge is 0.476 e. The predicted octanol–water partition coefficient (Wildman–Crippen LogP) is 3.56. The first-order valence-corrected chi connectivity index (χ1v) is 11.6. The number of rotatable bonds is 5. The molecule has 1 aliphatic carbocycles. The number of fused-ring (bicyclic) bond motifs is 1. The van der Waals surface area contributed by atoms with E-state index in [0.29, 0.717) is 25.1 Å². The van der Waals surface area contributed by atoms with Gasteiger partial charge < -0.3 is 15.3 Å². The van der Waals surface area contributed by atoms with E-state index in [-0.39, 0.29) is 35.1 Å². The van der Waals surface area contributed by atoms with Gasteiger partial charge in [0.25, 0.3) is 0 Å². The number of benzene rings is 1. The average molecular weight is 466 g/mol. The molecule has 34 heavy (non-hydrogen) atoms. The summed E-state index contributed by atoms with van der Waals surface area (Å²) in [7, 11) is 0. The normalized spacial score (nSPS) is 23.5. The van der Waals surface area contributed by atoms with Crippen LogP contribution in [-0.2, 0) is 17.8 Å². The summed E-state index contributed by atoms with van der Waals surface area (Å²) in [6, 6.07) is 9.15. The van der Waals surface area contributed by atoms with Gasteiger partial charge >= 0.3 is 12.0 Å². The molecule has 0 saturated heterocycles. The van der Waals surface area contributed by atoms with Crippen molar-refractivity contribution in [3.63, 3.8) is 0 Å². The van der Waals surface area contributed by atoms with Gasteiger partial charge in [0, 0.05) is 24.6 Å². The average Bonchev–Trinajstić information content (AvgIpc) is 3.16. The van der Waals surface area contributed by atoms with Gasteiger partial charge in [0.05, 0.1) is 24.5 Å². The lowest BCUT2D eigenvalue weighted by atomic mass is 9.62. The van der Waals surface area contributed by atoms with Crippen molar-refractivity contribution in [1.82, 2.24) is 20.0 Å². The molecule has 2 heterocycles. The smallest absolute Gasteiger partial charge is 0.356 e. The molecule has 1 aromatic carbocycles. The highest BCUT2D eigenvalue weighted by atomic mass is 16.4. The second-order valence-electron chi connectivity index (χ2n) is 10.6. The van der Waals surface area contributed by atoms with E-state index in [1.54, 1.807) is 15.7 Å². The highest BCUT2D eigenvalue weighted by Gasteiger charge is 2.42. The van der Waals surface area contributed by atoms with E-state index in [4.69, 9.17) is 0 Å². The molecule has 2 aliphatic rings. The number of carboxylic acid groups (broad SMARTS) is 1. The zero-order valence-corrected chi connectivity index (χ0v) is 19.9. The van der Waals surface area contributed by atoms with Gasteiger partial charge in [-0.15, -0.1) is 0 Å². The van der Waals surface area contributed by atoms with Crippen molar-refractivity contribution in [2.45, 2.75) is 59.0 Å². The van der Waals surface area contributed by atoms with E-state index >= 15 is 0 Å². The minimum atomic E-state index is -1.10. The number of nitrogens with zero attached hydrogens (tertiary/aromatic N) is 4. The molecule has 9 heteroatoms. The fraction of sp³-hybridized carbons (Fsp3) is 0.520. The van der Waals surface area contributed by atoms with Crippen LogP contribution in [0.5, 0.6) is 0 Å². The quantitative estimate of drug-likeness (QED) is 0.517. The maximum Gasteiger partial charge on any atom is 0.356 e. The van der Waals surface area contributed by atoms with Crippen LogP contribution in [0.1, 0.15) is 61.8 Å². The van der Waals surface area contributed by atoms with Crippen LogP contribution in [0.15, 0.2) is 35.3 Å². The number of amides is 2. The number of hydrogen-bond acceptors (Lipinski definition) is 5. The number of aromatic nitrogens is 2. The molecule has 1 fully saturated rings. The number of urea groups is 1. The predicted molar refractivity (Wildman–Crippen MR) is 126 cm³/mol. The summed E-state index contributed by atoms with van der Waals surface area (Å²) in [6.07, 6.45) is 4.60. The lowest BCUT2D eigenvalue weighted by Crippen LogP contribution is -2.52. The first kappa shape index (κ1) is 23.7. The Kier molecular flexibility index (Phi) is 6.32. The Morgan fingerprint density at radius 1 is 1.24 bits per heavy atom. The lowest BCUT2D eigenvalue weighted by Gasteiger charge is -2.46. The highest BCUT2D eigenvalue weighted by Crippen LogP contribution is 2.46. The topological polar surface area (TPSA) is 117 Å². The third kappa shape index (κ3) is 4.89. The molecule has 1 aromatic heterocycles. The van der Waals surface area contributed by atoms with Crippen LogP contribution in [-0.4, -0.2) is 57.0 Å². The summed E-state index contributed by atoms with van der Waals surface area (Å²) in [4.78, 5) is 41.3. The summed E-state index contributed by atoms with van der Waals surface area (Å²) in [5.74, 6) is -1.10. The fourth-order valence-electron chi connectivity index (χ4n) is 5.89. The Hall–Kier alpha value is -3.45. The van der Waals surface area contributed by atoms with Gasteiger partial charge in [-0.3, -0.25) is 0 Å². The van der Waals surface area contributed by atoms with Crippen molar-refractivity contribution in [1.29, 1.82) is 0 Å². The van der Waals surface area contributed by atoms with E-state index in [1.807, 2.05) is 30.3 Å². The number of aliphatic imine (C=N–C) groups is 1. The second-order valence-corrected chi connectivity index (χ2v) is 10.6. The number of carbonyl (C=O) groups excluding carboxylic acids is 2. The van der Waals surface area contributed by atoms with Gasteiger partial charge in [-0.2, -0.15) is 5.10 Å². The SMILES string of the molecule is CC1(C)CC(NC(=O)N2CCc3c(c(C(=O)O)nn3-c3ccccc3)C2)CC(C)(CN=C=O)C1. The number of carboxylic acids is 1. The van der Waals surface area contributed by atoms with E-state index < -0.39 is 5.97 Å². The van der Waals surface area contributed by atoms with E-state index in [0.717, 1.165) is 30.6 Å². The number of nitrogens with one attached hydrogen (secondary N) is 1. The molecule has 2 atom stereocenters. The standard InChI is InChI=1S/C25H31N5O4/c1-24(2)11-17(12-25(3,14-24)15-26-16-31)27-23(34)29-10-9-20-19(13-29)21(22(32)33)28-30(20)18-7-5-4-6-8-18/h4-8,17H,9-15H2,1-3H3,(H,27,34)(H,32,33). The van der Waals surface area contributed by atoms with Gasteiger partial charge in [0.2, 0.25) is 6.08 Å². The fourth-order valence-corrected chi connectivity index (χ4v) is 5.89. The first-order chi connectivity index (χ1) is 16.1. The maximum absolute atomic E-state index is 13.2. The first-order valence-electron chi connectivity index (χ1n) is 11.6. The molecular weight excluding hydrogens is 434 g/mol. The molecular formula is C25H31N5O4. The molecule has 0 spiro atoms. The van der Waals surface area contributed by atoms with Crippen LogP contribution in [0.4, 0.5) is 4.79 Å². The number of para-hydroxylation sites is 1. The Balaban J connectivity index is 1.52. The van der Waals surface area contributed by atoms with Crippen molar-refractivity contribution in [2.75, 3.05) is 13.1 Å². The molecule has 2 unspecified atom stereocenters. The van der Waals surface area contributed by atoms with E-state index in [1.165, 1.54) is 0 Å². The Bertz CT molecular complexity index is 1140. The molecule has 0 bridgehead atoms. The van der Waals surface area contributed by atoms with Crippen LogP contribution in [0.3, 0.4) is 0 Å². The van der Waals surface area contributed by atoms with Crippen LogP contribution in [0, 0.1) is 10.8 Å². The zero-order chi connectivity index (χ0) is 24.5. The maximum atomic E-state index is 13.2. The number of hydrogen-bond donors (Lipinski definition) is 2. The molecule has 1 aliphatic heterocycles. The molecule has 2 aromatic rings. The zero-order valence-electron chi connectivity index (χ0n) is 19.9. The molecule has 4 rings (SSSR count). The van der Waals surface area contributed by atoms with E-state index in [2.05, 4.69) is 36.2 Å². The Morgan fingerprint density at radius 3 is 2.65 bits per heavy atom. The number of isocyanates is 1. The van der Waals surface area contributed by atoms with E-state index in [9.17, 15) is 19.5 Å². The van der Waals surface area contributed by atoms with Gasteiger partial charge in [-0.05, 0) is 42.2 Å². The van der Waals surface area contributed by atoms with Crippen LogP contribution >= 0.6 is 0 Å². The molecule has 1 saturated carbocycles. The van der Waals surface area contributed by atoms with Crippen molar-refractivity contribution < 1.29 is 19.5 Å². The molecule has 2 N–H and O–H groups in total. The summed E-state index contributed by atoms with van der Waals surface area (Å²) >= 11 is 0. The van der Waals surface area contributed by atoms with Gasteiger partial charge in [0.15, 0.2) is 5.69 Å². The van der Waals surface area contributed by atoms with Crippen LogP contribution < -0.4 is 5.32 Å². The second kappa shape index (κ2) is 9.06. The third-order valence-electron chi connectivity index (χ3n) is 6.84. The minimum absolute atomic E-state index is 0.00822. The lowest BCUT2D eigenvalue weighted by molar-refractivity contribution is 0.0684. The van der Waals surface area contributed by atoms with Gasteiger partial charge in [-0.25, -0.2) is 24.1 Å². The summed E-state index contributed by atoms with van der Waals surface area (Å²) in [5, 5.41) is 17.3. The minimum Gasteiger partial charge on any atom is -0.476 e. The van der Waals surface area contributed by atoms with Crippen molar-refractivity contribution in [3.8, 4) is 5.69 Å². The summed E-state index contributed by atoms with van der Waals surface area (Å²) < 4.78 is 1.68. The third-order valence-corrected chi connectivity index (χ3v) is 6.84. The van der Waals surface area contributed by atoms with Gasteiger partial charge in [-0.1, -0.05) is 39.0 Å². The van der Waals surface area contributed by atoms with Crippen molar-refractivity contribution in [3.05, 3.63) is 47.3 Å².